The third-order valence-electron chi connectivity index (χ3n) is 2.83. The lowest BCUT2D eigenvalue weighted by atomic mass is 10.2. The molecule has 3 aromatic heterocycles. The molecule has 3 aromatic rings. The molecule has 0 aromatic carbocycles. The molecule has 0 fully saturated rings. The number of rotatable bonds is 5. The smallest absolute Gasteiger partial charge is 0.338 e. The molecule has 0 saturated heterocycles. The number of nitrogens with zero attached hydrogens (tertiary/aromatic N) is 4. The van der Waals surface area contributed by atoms with Crippen molar-refractivity contribution in [2.45, 2.75) is 0 Å². The van der Waals surface area contributed by atoms with Crippen molar-refractivity contribution in [3.63, 3.8) is 0 Å². The van der Waals surface area contributed by atoms with E-state index in [0.29, 0.717) is 18.1 Å². The minimum Gasteiger partial charge on any atom is -0.460 e. The number of nitrogens with one attached hydrogen (secondary N) is 1. The second-order valence-corrected chi connectivity index (χ2v) is 4.28. The predicted octanol–water partition coefficient (Wildman–Crippen LogP) is 1.39. The van der Waals surface area contributed by atoms with Gasteiger partial charge >= 0.3 is 5.97 Å². The summed E-state index contributed by atoms with van der Waals surface area (Å²) in [4.78, 5) is 23.9. The van der Waals surface area contributed by atoms with E-state index in [1.165, 1.54) is 0 Å². The van der Waals surface area contributed by atoms with Gasteiger partial charge in [-0.15, -0.1) is 0 Å². The highest BCUT2D eigenvalue weighted by atomic mass is 16.5. The van der Waals surface area contributed by atoms with Crippen LogP contribution in [-0.2, 0) is 4.74 Å². The molecule has 0 radical (unpaired) electrons. The molecule has 0 saturated carbocycles. The van der Waals surface area contributed by atoms with E-state index in [2.05, 4.69) is 20.3 Å². The number of hydrogen-bond donors (Lipinski definition) is 1. The van der Waals surface area contributed by atoms with Gasteiger partial charge in [0.05, 0.1) is 30.1 Å². The molecule has 7 nitrogen and oxygen atoms in total. The van der Waals surface area contributed by atoms with Crippen LogP contribution in [0.1, 0.15) is 10.4 Å². The number of esters is 1. The summed E-state index contributed by atoms with van der Waals surface area (Å²) in [6.45, 7) is 0.687. The topological polar surface area (TPSA) is 81.4 Å². The fraction of sp³-hybridized carbons (Fsp3) is 0.143. The zero-order chi connectivity index (χ0) is 14.5. The first kappa shape index (κ1) is 13.0. The standard InChI is InChI=1S/C14H13N5O2/c20-13(11-2-6-19-10-15-9-12(19)8-11)21-7-5-18-14-16-3-1-4-17-14/h1-4,6,8-10H,5,7H2,(H,16,17,18). The zero-order valence-electron chi connectivity index (χ0n) is 11.1. The first-order valence-electron chi connectivity index (χ1n) is 6.43. The van der Waals surface area contributed by atoms with Gasteiger partial charge in [-0.1, -0.05) is 0 Å². The van der Waals surface area contributed by atoms with Gasteiger partial charge in [0.2, 0.25) is 5.95 Å². The number of ether oxygens (including phenoxy) is 1. The maximum absolute atomic E-state index is 11.9. The van der Waals surface area contributed by atoms with Gasteiger partial charge in [0, 0.05) is 18.6 Å². The monoisotopic (exact) mass is 283 g/mol. The summed E-state index contributed by atoms with van der Waals surface area (Å²) in [6.07, 6.45) is 8.42. The molecule has 0 bridgehead atoms. The molecule has 0 amide bonds. The molecular weight excluding hydrogens is 270 g/mol. The van der Waals surface area contributed by atoms with Gasteiger partial charge in [-0.25, -0.2) is 19.7 Å². The van der Waals surface area contributed by atoms with Crippen molar-refractivity contribution < 1.29 is 9.53 Å². The number of anilines is 1. The highest BCUT2D eigenvalue weighted by molar-refractivity contribution is 5.90. The van der Waals surface area contributed by atoms with E-state index in [-0.39, 0.29) is 12.6 Å². The van der Waals surface area contributed by atoms with Crippen LogP contribution in [0.3, 0.4) is 0 Å². The number of imidazole rings is 1. The molecule has 0 unspecified atom stereocenters. The van der Waals surface area contributed by atoms with Gasteiger partial charge in [0.15, 0.2) is 0 Å². The van der Waals surface area contributed by atoms with Crippen LogP contribution in [0, 0.1) is 0 Å². The Bertz CT molecular complexity index is 741. The van der Waals surface area contributed by atoms with Crippen LogP contribution in [0.15, 0.2) is 49.3 Å². The van der Waals surface area contributed by atoms with Gasteiger partial charge in [0.1, 0.15) is 6.61 Å². The summed E-state index contributed by atoms with van der Waals surface area (Å²) in [5.41, 5.74) is 1.35. The van der Waals surface area contributed by atoms with Gasteiger partial charge in [-0.05, 0) is 18.2 Å². The zero-order valence-corrected chi connectivity index (χ0v) is 11.1. The van der Waals surface area contributed by atoms with Crippen molar-refractivity contribution in [3.8, 4) is 0 Å². The number of hydrogen-bond acceptors (Lipinski definition) is 6. The van der Waals surface area contributed by atoms with Crippen molar-refractivity contribution in [1.29, 1.82) is 0 Å². The van der Waals surface area contributed by atoms with Crippen LogP contribution in [-0.4, -0.2) is 38.5 Å². The molecule has 0 aliphatic carbocycles. The van der Waals surface area contributed by atoms with Crippen molar-refractivity contribution >= 4 is 17.4 Å². The summed E-state index contributed by atoms with van der Waals surface area (Å²) in [5.74, 6) is 0.142. The molecule has 0 spiro atoms. The Morgan fingerprint density at radius 3 is 3.05 bits per heavy atom. The molecule has 0 atom stereocenters. The SMILES string of the molecule is O=C(OCCNc1ncccn1)c1ccn2cncc2c1. The Balaban J connectivity index is 1.52. The maximum Gasteiger partial charge on any atom is 0.338 e. The lowest BCUT2D eigenvalue weighted by molar-refractivity contribution is 0.0520. The van der Waals surface area contributed by atoms with Crippen molar-refractivity contribution in [3.05, 3.63) is 54.9 Å². The van der Waals surface area contributed by atoms with Gasteiger partial charge < -0.3 is 14.5 Å². The average Bonchev–Trinajstić information content (AvgIpc) is 3.00. The summed E-state index contributed by atoms with van der Waals surface area (Å²) < 4.78 is 7.01. The Hall–Kier alpha value is -2.96. The Kier molecular flexibility index (Phi) is 3.72. The van der Waals surface area contributed by atoms with Gasteiger partial charge in [0.25, 0.3) is 0 Å². The number of carbonyl (C=O) groups is 1. The molecule has 0 aliphatic rings. The average molecular weight is 283 g/mol. The first-order valence-corrected chi connectivity index (χ1v) is 6.43. The van der Waals surface area contributed by atoms with Crippen LogP contribution in [0.5, 0.6) is 0 Å². The van der Waals surface area contributed by atoms with Gasteiger partial charge in [-0.2, -0.15) is 0 Å². The predicted molar refractivity (Wildman–Crippen MR) is 76.0 cm³/mol. The van der Waals surface area contributed by atoms with E-state index < -0.39 is 0 Å². The van der Waals surface area contributed by atoms with Crippen LogP contribution >= 0.6 is 0 Å². The van der Waals surface area contributed by atoms with E-state index in [9.17, 15) is 4.79 Å². The minimum absolute atomic E-state index is 0.238. The van der Waals surface area contributed by atoms with Gasteiger partial charge in [-0.3, -0.25) is 0 Å². The lowest BCUT2D eigenvalue weighted by Gasteiger charge is -2.06. The quantitative estimate of drug-likeness (QED) is 0.563. The number of pyridine rings is 1. The normalized spacial score (nSPS) is 10.5. The van der Waals surface area contributed by atoms with Crippen LogP contribution in [0.2, 0.25) is 0 Å². The van der Waals surface area contributed by atoms with E-state index in [1.807, 2.05) is 4.40 Å². The Labute approximate surface area is 120 Å². The molecule has 3 heterocycles. The fourth-order valence-electron chi connectivity index (χ4n) is 1.83. The highest BCUT2D eigenvalue weighted by Crippen LogP contribution is 2.07. The van der Waals surface area contributed by atoms with E-state index in [4.69, 9.17) is 4.74 Å². The molecule has 106 valence electrons. The largest absolute Gasteiger partial charge is 0.460 e. The van der Waals surface area contributed by atoms with Crippen LogP contribution in [0.25, 0.3) is 5.52 Å². The lowest BCUT2D eigenvalue weighted by Crippen LogP contribution is -2.15. The van der Waals surface area contributed by atoms with E-state index in [0.717, 1.165) is 5.52 Å². The van der Waals surface area contributed by atoms with Crippen LogP contribution in [0.4, 0.5) is 5.95 Å². The second-order valence-electron chi connectivity index (χ2n) is 4.28. The number of fused-ring (bicyclic) bond motifs is 1. The van der Waals surface area contributed by atoms with Crippen molar-refractivity contribution in [1.82, 2.24) is 19.4 Å². The summed E-state index contributed by atoms with van der Waals surface area (Å²) in [6, 6.07) is 5.17. The first-order chi connectivity index (χ1) is 10.3. The molecule has 1 N–H and O–H groups in total. The third kappa shape index (κ3) is 3.14. The molecular formula is C14H13N5O2. The number of carbonyl (C=O) groups excluding carboxylic acids is 1. The maximum atomic E-state index is 11.9. The summed E-state index contributed by atoms with van der Waals surface area (Å²) in [5, 5.41) is 2.96. The molecule has 21 heavy (non-hydrogen) atoms. The van der Waals surface area contributed by atoms with E-state index >= 15 is 0 Å². The highest BCUT2D eigenvalue weighted by Gasteiger charge is 2.08. The molecule has 0 aliphatic heterocycles. The van der Waals surface area contributed by atoms with Crippen molar-refractivity contribution in [2.75, 3.05) is 18.5 Å². The third-order valence-corrected chi connectivity index (χ3v) is 2.83. The van der Waals surface area contributed by atoms with Crippen molar-refractivity contribution in [2.24, 2.45) is 0 Å². The second kappa shape index (κ2) is 6.00. The summed E-state index contributed by atoms with van der Waals surface area (Å²) >= 11 is 0. The molecule has 3 rings (SSSR count). The van der Waals surface area contributed by atoms with E-state index in [1.54, 1.807) is 49.3 Å². The summed E-state index contributed by atoms with van der Waals surface area (Å²) in [7, 11) is 0. The van der Waals surface area contributed by atoms with Crippen LogP contribution < -0.4 is 5.32 Å². The number of aromatic nitrogens is 4. The Morgan fingerprint density at radius 1 is 1.33 bits per heavy atom. The fourth-order valence-corrected chi connectivity index (χ4v) is 1.83. The molecule has 7 heteroatoms. The Morgan fingerprint density at radius 2 is 2.19 bits per heavy atom. The minimum atomic E-state index is -0.366.